The molecule has 7 nitrogen and oxygen atoms in total. The molecule has 4 aliphatic rings. The summed E-state index contributed by atoms with van der Waals surface area (Å²) in [4.78, 5) is 34.2. The van der Waals surface area contributed by atoms with E-state index in [1.54, 1.807) is 0 Å². The first-order valence-corrected chi connectivity index (χ1v) is 11.5. The smallest absolute Gasteiger partial charge is 0.233 e. The topological polar surface area (TPSA) is 77.0 Å². The van der Waals surface area contributed by atoms with Crippen molar-refractivity contribution in [2.45, 2.75) is 39.0 Å². The average Bonchev–Trinajstić information content (AvgIpc) is 3.32. The van der Waals surface area contributed by atoms with E-state index >= 15 is 0 Å². The van der Waals surface area contributed by atoms with Crippen LogP contribution in [0.3, 0.4) is 0 Å². The number of guanidine groups is 1. The minimum Gasteiger partial charge on any atom is -0.357 e. The first-order chi connectivity index (χ1) is 14.2. The van der Waals surface area contributed by atoms with E-state index in [-0.39, 0.29) is 59.5 Å². The zero-order valence-electron chi connectivity index (χ0n) is 18.0. The van der Waals surface area contributed by atoms with Crippen LogP contribution in [0.5, 0.6) is 0 Å². The minimum atomic E-state index is -0.104. The number of aliphatic imine (C=N–C) groups is 1. The van der Waals surface area contributed by atoms with Crippen molar-refractivity contribution in [1.82, 2.24) is 20.4 Å². The fourth-order valence-corrected chi connectivity index (χ4v) is 5.48. The molecule has 2 aliphatic carbocycles. The number of hydrogen-bond donors (Lipinski definition) is 2. The molecule has 0 spiro atoms. The number of nitrogens with one attached hydrogen (secondary N) is 2. The second kappa shape index (κ2) is 10.9. The first-order valence-electron chi connectivity index (χ1n) is 11.5. The molecule has 0 aromatic carbocycles. The van der Waals surface area contributed by atoms with E-state index in [9.17, 15) is 9.59 Å². The van der Waals surface area contributed by atoms with Crippen molar-refractivity contribution in [3.05, 3.63) is 12.2 Å². The number of carbonyl (C=O) groups excluding carboxylic acids is 2. The van der Waals surface area contributed by atoms with Gasteiger partial charge in [-0.3, -0.25) is 19.5 Å². The Bertz CT molecular complexity index is 644. The van der Waals surface area contributed by atoms with Gasteiger partial charge in [-0.2, -0.15) is 0 Å². The number of carbonyl (C=O) groups is 2. The number of allylic oxidation sites excluding steroid dienone is 2. The van der Waals surface area contributed by atoms with Crippen LogP contribution in [0, 0.1) is 23.7 Å². The molecule has 4 unspecified atom stereocenters. The lowest BCUT2D eigenvalue weighted by atomic mass is 9.85. The van der Waals surface area contributed by atoms with E-state index in [0.717, 1.165) is 32.0 Å². The predicted molar refractivity (Wildman–Crippen MR) is 129 cm³/mol. The van der Waals surface area contributed by atoms with Gasteiger partial charge in [-0.25, -0.2) is 0 Å². The quantitative estimate of drug-likeness (QED) is 0.173. The third-order valence-corrected chi connectivity index (χ3v) is 6.92. The molecule has 2 N–H and O–H groups in total. The maximum atomic E-state index is 12.8. The summed E-state index contributed by atoms with van der Waals surface area (Å²) < 4.78 is 0. The summed E-state index contributed by atoms with van der Waals surface area (Å²) in [6.45, 7) is 7.89. The Balaban J connectivity index is 0.00000256. The number of amides is 2. The van der Waals surface area contributed by atoms with Crippen LogP contribution < -0.4 is 10.6 Å². The van der Waals surface area contributed by atoms with Gasteiger partial charge in [0.25, 0.3) is 0 Å². The van der Waals surface area contributed by atoms with Gasteiger partial charge in [0.2, 0.25) is 11.8 Å². The van der Waals surface area contributed by atoms with Gasteiger partial charge in [0.1, 0.15) is 0 Å². The normalized spacial score (nSPS) is 31.0. The SMILES string of the molecule is CCNC(=NCCN1CCCCCC1)NCCN1C(=O)C2C3C=CC(C3)C2C1=O.I. The van der Waals surface area contributed by atoms with E-state index in [2.05, 4.69) is 32.7 Å². The van der Waals surface area contributed by atoms with Gasteiger partial charge in [0.05, 0.1) is 18.4 Å². The minimum absolute atomic E-state index is 0. The van der Waals surface area contributed by atoms with E-state index in [4.69, 9.17) is 0 Å². The van der Waals surface area contributed by atoms with Crippen LogP contribution in [-0.2, 0) is 9.59 Å². The molecule has 0 aromatic rings. The van der Waals surface area contributed by atoms with Crippen LogP contribution in [0.25, 0.3) is 0 Å². The van der Waals surface area contributed by atoms with Gasteiger partial charge >= 0.3 is 0 Å². The molecule has 2 bridgehead atoms. The van der Waals surface area contributed by atoms with Crippen molar-refractivity contribution >= 4 is 41.8 Å². The molecule has 30 heavy (non-hydrogen) atoms. The zero-order chi connectivity index (χ0) is 20.2. The van der Waals surface area contributed by atoms with Crippen LogP contribution in [-0.4, -0.2) is 73.4 Å². The number of halogens is 1. The highest BCUT2D eigenvalue weighted by Gasteiger charge is 2.58. The van der Waals surface area contributed by atoms with E-state index in [1.807, 2.05) is 6.92 Å². The number of rotatable bonds is 7. The summed E-state index contributed by atoms with van der Waals surface area (Å²) in [6.07, 6.45) is 10.5. The molecule has 2 amide bonds. The molecule has 0 aromatic heterocycles. The second-order valence-corrected chi connectivity index (χ2v) is 8.77. The van der Waals surface area contributed by atoms with Crippen LogP contribution in [0.4, 0.5) is 0 Å². The summed E-state index contributed by atoms with van der Waals surface area (Å²) in [5.74, 6) is 1.17. The molecule has 3 fully saturated rings. The van der Waals surface area contributed by atoms with E-state index in [0.29, 0.717) is 13.1 Å². The molecule has 1 saturated carbocycles. The Labute approximate surface area is 197 Å². The standard InChI is InChI=1S/C22H35N5O2.HI/c1-2-23-22(24-9-13-26-11-5-3-4-6-12-26)25-10-14-27-20(28)18-16-7-8-17(15-16)19(18)21(27)29;/h7-8,16-19H,2-6,9-15H2,1H3,(H2,23,24,25);1H. The van der Waals surface area contributed by atoms with Crippen molar-refractivity contribution in [3.8, 4) is 0 Å². The lowest BCUT2D eigenvalue weighted by molar-refractivity contribution is -0.140. The Kier molecular flexibility index (Phi) is 8.56. The molecular formula is C22H36IN5O2. The molecule has 2 aliphatic heterocycles. The number of hydrogen-bond acceptors (Lipinski definition) is 4. The lowest BCUT2D eigenvalue weighted by Crippen LogP contribution is -2.44. The summed E-state index contributed by atoms with van der Waals surface area (Å²) in [5, 5.41) is 6.57. The third-order valence-electron chi connectivity index (χ3n) is 6.92. The number of nitrogens with zero attached hydrogens (tertiary/aromatic N) is 3. The Morgan fingerprint density at radius 3 is 2.23 bits per heavy atom. The summed E-state index contributed by atoms with van der Waals surface area (Å²) in [7, 11) is 0. The van der Waals surface area contributed by atoms with Crippen LogP contribution in [0.15, 0.2) is 17.1 Å². The predicted octanol–water partition coefficient (Wildman–Crippen LogP) is 1.84. The molecular weight excluding hydrogens is 493 g/mol. The van der Waals surface area contributed by atoms with Gasteiger partial charge < -0.3 is 15.5 Å². The molecule has 2 heterocycles. The fraction of sp³-hybridized carbons (Fsp3) is 0.773. The van der Waals surface area contributed by atoms with Crippen molar-refractivity contribution in [1.29, 1.82) is 0 Å². The Hall–Kier alpha value is -1.16. The highest BCUT2D eigenvalue weighted by atomic mass is 127. The van der Waals surface area contributed by atoms with Gasteiger partial charge in [-0.1, -0.05) is 25.0 Å². The van der Waals surface area contributed by atoms with Gasteiger partial charge in [-0.05, 0) is 51.1 Å². The molecule has 2 saturated heterocycles. The van der Waals surface area contributed by atoms with Crippen LogP contribution in [0.2, 0.25) is 0 Å². The molecule has 4 rings (SSSR count). The van der Waals surface area contributed by atoms with Gasteiger partial charge in [-0.15, -0.1) is 24.0 Å². The van der Waals surface area contributed by atoms with Crippen molar-refractivity contribution in [3.63, 3.8) is 0 Å². The summed E-state index contributed by atoms with van der Waals surface area (Å²) >= 11 is 0. The summed E-state index contributed by atoms with van der Waals surface area (Å²) in [5.41, 5.74) is 0. The number of likely N-dealkylation sites (tertiary alicyclic amines) is 2. The maximum Gasteiger partial charge on any atom is 0.233 e. The zero-order valence-corrected chi connectivity index (χ0v) is 20.3. The van der Waals surface area contributed by atoms with E-state index < -0.39 is 0 Å². The molecule has 0 radical (unpaired) electrons. The van der Waals surface area contributed by atoms with E-state index in [1.165, 1.54) is 43.7 Å². The van der Waals surface area contributed by atoms with Gasteiger partial charge in [0, 0.05) is 26.2 Å². The van der Waals surface area contributed by atoms with Crippen LogP contribution >= 0.6 is 24.0 Å². The molecule has 168 valence electrons. The van der Waals surface area contributed by atoms with Crippen LogP contribution in [0.1, 0.15) is 39.0 Å². The second-order valence-electron chi connectivity index (χ2n) is 8.77. The first kappa shape index (κ1) is 23.5. The summed E-state index contributed by atoms with van der Waals surface area (Å²) in [6, 6.07) is 0. The number of fused-ring (bicyclic) bond motifs is 5. The largest absolute Gasteiger partial charge is 0.357 e. The lowest BCUT2D eigenvalue weighted by Gasteiger charge is -2.20. The van der Waals surface area contributed by atoms with Crippen molar-refractivity contribution < 1.29 is 9.59 Å². The highest BCUT2D eigenvalue weighted by molar-refractivity contribution is 14.0. The maximum absolute atomic E-state index is 12.8. The average molecular weight is 529 g/mol. The Morgan fingerprint density at radius 1 is 1.00 bits per heavy atom. The molecule has 4 atom stereocenters. The fourth-order valence-electron chi connectivity index (χ4n) is 5.48. The Morgan fingerprint density at radius 2 is 1.63 bits per heavy atom. The van der Waals surface area contributed by atoms with Gasteiger partial charge in [0.15, 0.2) is 5.96 Å². The molecule has 8 heteroatoms. The number of imide groups is 1. The third kappa shape index (κ3) is 5.00. The highest BCUT2D eigenvalue weighted by Crippen LogP contribution is 2.52. The van der Waals surface area contributed by atoms with Crippen molar-refractivity contribution in [2.24, 2.45) is 28.7 Å². The monoisotopic (exact) mass is 529 g/mol. The van der Waals surface area contributed by atoms with Crippen molar-refractivity contribution in [2.75, 3.05) is 45.8 Å².